The minimum Gasteiger partial charge on any atom is -0.325 e. The fourth-order valence-corrected chi connectivity index (χ4v) is 3.55. The van der Waals surface area contributed by atoms with Gasteiger partial charge in [-0.15, -0.1) is 11.8 Å². The average Bonchev–Trinajstić information content (AvgIpc) is 2.99. The van der Waals surface area contributed by atoms with Crippen molar-refractivity contribution in [3.8, 4) is 0 Å². The number of anilines is 2. The first kappa shape index (κ1) is 17.4. The van der Waals surface area contributed by atoms with Crippen molar-refractivity contribution in [3.63, 3.8) is 0 Å². The Morgan fingerprint density at radius 3 is 2.40 bits per heavy atom. The van der Waals surface area contributed by atoms with Crippen LogP contribution in [0.25, 0.3) is 10.2 Å². The van der Waals surface area contributed by atoms with Crippen LogP contribution in [-0.2, 0) is 9.59 Å². The second-order valence-electron chi connectivity index (χ2n) is 5.08. The molecule has 0 fully saturated rings. The maximum atomic E-state index is 12.8. The minimum absolute atomic E-state index is 0.130. The number of aromatic nitrogens is 1. The molecule has 0 unspecified atom stereocenters. The van der Waals surface area contributed by atoms with E-state index in [1.165, 1.54) is 47.4 Å². The van der Waals surface area contributed by atoms with E-state index in [0.717, 1.165) is 10.2 Å². The Kier molecular flexibility index (Phi) is 5.62. The van der Waals surface area contributed by atoms with Gasteiger partial charge in [-0.25, -0.2) is 9.37 Å². The molecule has 3 rings (SSSR count). The number of benzene rings is 2. The van der Waals surface area contributed by atoms with Crippen LogP contribution in [0.1, 0.15) is 0 Å². The van der Waals surface area contributed by atoms with Crippen molar-refractivity contribution in [1.29, 1.82) is 0 Å². The zero-order valence-corrected chi connectivity index (χ0v) is 14.6. The lowest BCUT2D eigenvalue weighted by Crippen LogP contribution is -2.18. The maximum absolute atomic E-state index is 12.8. The fourth-order valence-electron chi connectivity index (χ4n) is 2.05. The molecule has 1 heterocycles. The summed E-state index contributed by atoms with van der Waals surface area (Å²) in [5, 5.41) is 5.92. The van der Waals surface area contributed by atoms with Gasteiger partial charge in [-0.2, -0.15) is 0 Å². The summed E-state index contributed by atoms with van der Waals surface area (Å²) < 4.78 is 13.8. The summed E-state index contributed by atoms with van der Waals surface area (Å²) in [6, 6.07) is 13.1. The molecule has 0 aliphatic heterocycles. The van der Waals surface area contributed by atoms with Gasteiger partial charge in [0.25, 0.3) is 0 Å². The number of thioether (sulfide) groups is 1. The molecule has 2 N–H and O–H groups in total. The third-order valence-electron chi connectivity index (χ3n) is 3.13. The number of nitrogens with zero attached hydrogens (tertiary/aromatic N) is 1. The van der Waals surface area contributed by atoms with Gasteiger partial charge < -0.3 is 10.6 Å². The van der Waals surface area contributed by atoms with E-state index < -0.39 is 0 Å². The summed E-state index contributed by atoms with van der Waals surface area (Å²) in [6.45, 7) is 0. The zero-order chi connectivity index (χ0) is 17.6. The lowest BCUT2D eigenvalue weighted by atomic mass is 10.3. The van der Waals surface area contributed by atoms with Crippen LogP contribution in [-0.4, -0.2) is 28.3 Å². The van der Waals surface area contributed by atoms with Crippen molar-refractivity contribution in [1.82, 2.24) is 4.98 Å². The van der Waals surface area contributed by atoms with E-state index in [-0.39, 0.29) is 29.1 Å². The highest BCUT2D eigenvalue weighted by Gasteiger charge is 2.09. The Balaban J connectivity index is 1.42. The number of amides is 2. The molecule has 0 spiro atoms. The molecule has 0 saturated heterocycles. The van der Waals surface area contributed by atoms with E-state index in [1.807, 2.05) is 24.3 Å². The lowest BCUT2D eigenvalue weighted by molar-refractivity contribution is -0.114. The summed E-state index contributed by atoms with van der Waals surface area (Å²) in [5.41, 5.74) is 1.36. The normalized spacial score (nSPS) is 10.6. The molecule has 8 heteroatoms. The highest BCUT2D eigenvalue weighted by molar-refractivity contribution is 8.00. The topological polar surface area (TPSA) is 71.1 Å². The van der Waals surface area contributed by atoms with Gasteiger partial charge in [0.05, 0.1) is 21.7 Å². The lowest BCUT2D eigenvalue weighted by Gasteiger charge is -2.05. The predicted octanol–water partition coefficient (Wildman–Crippen LogP) is 3.75. The van der Waals surface area contributed by atoms with E-state index in [0.29, 0.717) is 10.8 Å². The smallest absolute Gasteiger partial charge is 0.236 e. The van der Waals surface area contributed by atoms with Crippen LogP contribution in [0.4, 0.5) is 15.2 Å². The summed E-state index contributed by atoms with van der Waals surface area (Å²) in [6.07, 6.45) is 0. The molecular formula is C17H14FN3O2S2. The summed E-state index contributed by atoms with van der Waals surface area (Å²) in [4.78, 5) is 28.0. The van der Waals surface area contributed by atoms with Crippen molar-refractivity contribution in [2.24, 2.45) is 0 Å². The molecular weight excluding hydrogens is 361 g/mol. The highest BCUT2D eigenvalue weighted by Crippen LogP contribution is 2.25. The van der Waals surface area contributed by atoms with Crippen LogP contribution in [0.5, 0.6) is 0 Å². The Labute approximate surface area is 151 Å². The van der Waals surface area contributed by atoms with Gasteiger partial charge in [-0.05, 0) is 36.4 Å². The van der Waals surface area contributed by atoms with Crippen LogP contribution in [0.2, 0.25) is 0 Å². The zero-order valence-electron chi connectivity index (χ0n) is 13.0. The van der Waals surface area contributed by atoms with Gasteiger partial charge in [0.1, 0.15) is 5.82 Å². The average molecular weight is 375 g/mol. The van der Waals surface area contributed by atoms with Gasteiger partial charge in [-0.3, -0.25) is 9.59 Å². The highest BCUT2D eigenvalue weighted by atomic mass is 32.2. The molecule has 3 aromatic rings. The number of fused-ring (bicyclic) bond motifs is 1. The predicted molar refractivity (Wildman–Crippen MR) is 101 cm³/mol. The number of halogens is 1. The molecule has 0 aliphatic carbocycles. The van der Waals surface area contributed by atoms with E-state index in [4.69, 9.17) is 0 Å². The Bertz CT molecular complexity index is 863. The third kappa shape index (κ3) is 5.01. The molecule has 0 saturated carbocycles. The van der Waals surface area contributed by atoms with Gasteiger partial charge in [0.15, 0.2) is 5.13 Å². The number of thiazole rings is 1. The Morgan fingerprint density at radius 2 is 1.68 bits per heavy atom. The number of carbonyl (C=O) groups is 2. The number of hydrogen-bond donors (Lipinski definition) is 2. The van der Waals surface area contributed by atoms with E-state index >= 15 is 0 Å². The monoisotopic (exact) mass is 375 g/mol. The summed E-state index contributed by atoms with van der Waals surface area (Å²) in [7, 11) is 0. The van der Waals surface area contributed by atoms with Crippen molar-refractivity contribution in [2.45, 2.75) is 0 Å². The van der Waals surface area contributed by atoms with Crippen molar-refractivity contribution < 1.29 is 14.0 Å². The molecule has 0 bridgehead atoms. The van der Waals surface area contributed by atoms with Crippen LogP contribution >= 0.6 is 23.1 Å². The second kappa shape index (κ2) is 8.09. The molecule has 2 aromatic carbocycles. The van der Waals surface area contributed by atoms with Crippen LogP contribution in [0.15, 0.2) is 48.5 Å². The summed E-state index contributed by atoms with van der Waals surface area (Å²) in [5.74, 6) is -0.542. The van der Waals surface area contributed by atoms with Crippen molar-refractivity contribution in [3.05, 3.63) is 54.3 Å². The van der Waals surface area contributed by atoms with Crippen LogP contribution in [0, 0.1) is 5.82 Å². The van der Waals surface area contributed by atoms with Crippen molar-refractivity contribution in [2.75, 3.05) is 22.1 Å². The standard InChI is InChI=1S/C17H14FN3O2S2/c18-11-5-7-12(8-6-11)19-15(22)9-24-10-16(23)21-17-20-13-3-1-2-4-14(13)25-17/h1-8H,9-10H2,(H,19,22)(H,20,21,23). The quantitative estimate of drug-likeness (QED) is 0.688. The molecule has 5 nitrogen and oxygen atoms in total. The molecule has 128 valence electrons. The van der Waals surface area contributed by atoms with E-state index in [2.05, 4.69) is 15.6 Å². The molecule has 0 aliphatic rings. The first-order valence-electron chi connectivity index (χ1n) is 7.39. The van der Waals surface area contributed by atoms with E-state index in [1.54, 1.807) is 0 Å². The minimum atomic E-state index is -0.362. The number of carbonyl (C=O) groups excluding carboxylic acids is 2. The maximum Gasteiger partial charge on any atom is 0.236 e. The number of hydrogen-bond acceptors (Lipinski definition) is 5. The van der Waals surface area contributed by atoms with Gasteiger partial charge in [0, 0.05) is 5.69 Å². The molecule has 1 aromatic heterocycles. The fraction of sp³-hybridized carbons (Fsp3) is 0.118. The molecule has 0 radical (unpaired) electrons. The van der Waals surface area contributed by atoms with Gasteiger partial charge >= 0.3 is 0 Å². The SMILES string of the molecule is O=C(CSCC(=O)Nc1nc2ccccc2s1)Nc1ccc(F)cc1. The van der Waals surface area contributed by atoms with Gasteiger partial charge in [0.2, 0.25) is 11.8 Å². The first-order valence-corrected chi connectivity index (χ1v) is 9.36. The third-order valence-corrected chi connectivity index (χ3v) is 5.02. The van der Waals surface area contributed by atoms with Crippen LogP contribution in [0.3, 0.4) is 0 Å². The second-order valence-corrected chi connectivity index (χ2v) is 7.10. The molecule has 25 heavy (non-hydrogen) atoms. The number of rotatable bonds is 6. The van der Waals surface area contributed by atoms with Crippen LogP contribution < -0.4 is 10.6 Å². The molecule has 2 amide bonds. The Morgan fingerprint density at radius 1 is 1.00 bits per heavy atom. The summed E-state index contributed by atoms with van der Waals surface area (Å²) >= 11 is 2.60. The van der Waals surface area contributed by atoms with E-state index in [9.17, 15) is 14.0 Å². The van der Waals surface area contributed by atoms with Crippen molar-refractivity contribution >= 4 is 55.9 Å². The number of para-hydroxylation sites is 1. The molecule has 0 atom stereocenters. The first-order chi connectivity index (χ1) is 12.1. The Hall–Kier alpha value is -2.45. The largest absolute Gasteiger partial charge is 0.325 e. The number of nitrogens with one attached hydrogen (secondary N) is 2. The van der Waals surface area contributed by atoms with Gasteiger partial charge in [-0.1, -0.05) is 23.5 Å².